The van der Waals surface area contributed by atoms with Crippen molar-refractivity contribution in [2.24, 2.45) is 0 Å². The van der Waals surface area contributed by atoms with E-state index in [2.05, 4.69) is 0 Å². The summed E-state index contributed by atoms with van der Waals surface area (Å²) in [4.78, 5) is 0. The molecule has 4 nitrogen and oxygen atoms in total. The Hall–Kier alpha value is 2.33. The summed E-state index contributed by atoms with van der Waals surface area (Å²) in [5.41, 5.74) is 0. The van der Waals surface area contributed by atoms with Crippen molar-refractivity contribution in [3.05, 3.63) is 0 Å². The van der Waals surface area contributed by atoms with Gasteiger partial charge in [-0.2, -0.15) is 0 Å². The van der Waals surface area contributed by atoms with Crippen molar-refractivity contribution in [1.29, 1.82) is 0 Å². The van der Waals surface area contributed by atoms with Crippen LogP contribution in [-0.2, 0) is 99.8 Å². The molecule has 0 saturated carbocycles. The van der Waals surface area contributed by atoms with Crippen molar-refractivity contribution < 1.29 is 99.8 Å². The predicted octanol–water partition coefficient (Wildman–Crippen LogP) is -0.485. The Kier molecular flexibility index (Phi) is 2460. The van der Waals surface area contributed by atoms with E-state index < -0.39 is 0 Å². The van der Waals surface area contributed by atoms with E-state index in [0.717, 1.165) is 0 Å². The van der Waals surface area contributed by atoms with Crippen LogP contribution >= 0.6 is 0 Å². The van der Waals surface area contributed by atoms with Gasteiger partial charge in [-0.1, -0.05) is 0 Å². The second-order valence-corrected chi connectivity index (χ2v) is 0. The Labute approximate surface area is 98.8 Å². The largest absolute Gasteiger partial charge is 2.00 e. The molecule has 0 atom stereocenters. The molecule has 0 unspecified atom stereocenters. The molecule has 0 heterocycles. The zero-order chi connectivity index (χ0) is 0. The number of rotatable bonds is 0. The van der Waals surface area contributed by atoms with Crippen LogP contribution in [0.5, 0.6) is 0 Å². The molecule has 0 aromatic rings. The Bertz CT molecular complexity index is 8.00. The third-order valence-electron chi connectivity index (χ3n) is 0. The van der Waals surface area contributed by atoms with Crippen LogP contribution in [0.25, 0.3) is 0 Å². The van der Waals surface area contributed by atoms with Gasteiger partial charge in [-0.25, -0.2) is 0 Å². The molecule has 0 amide bonds. The summed E-state index contributed by atoms with van der Waals surface area (Å²) >= 11 is 0. The maximum atomic E-state index is 0. The summed E-state index contributed by atoms with van der Waals surface area (Å²) in [7, 11) is 0. The van der Waals surface area contributed by atoms with Gasteiger partial charge >= 0.3 is 77.9 Å². The molecule has 0 aromatic heterocycles. The average Bonchev–Trinajstić information content (AvgIpc) is 0. The summed E-state index contributed by atoms with van der Waals surface area (Å²) in [6.07, 6.45) is 0. The fourth-order valence-electron chi connectivity index (χ4n) is 0. The van der Waals surface area contributed by atoms with Crippen LogP contribution in [0.3, 0.4) is 0 Å². The molecule has 0 aliphatic heterocycles. The van der Waals surface area contributed by atoms with Gasteiger partial charge in [0, 0.05) is 0 Å². The topological polar surface area (TPSA) is 114 Å². The Morgan fingerprint density at radius 3 is 0.250 bits per heavy atom. The van der Waals surface area contributed by atoms with E-state index in [-0.39, 0.29) is 99.8 Å². The molecule has 0 aliphatic rings. The monoisotopic (exact) mass is 320 g/mol. The van der Waals surface area contributed by atoms with Crippen molar-refractivity contribution in [2.75, 3.05) is 0 Å². The molecule has 8 heavy (non-hydrogen) atoms. The SMILES string of the molecule is [O-2].[O-2].[O-2].[O-2].[Zn+2].[Zn+2].[Zn+2].[Zn+2]. The maximum absolute atomic E-state index is 0. The van der Waals surface area contributed by atoms with Crippen LogP contribution in [0.15, 0.2) is 0 Å². The molecule has 0 aromatic carbocycles. The zero-order valence-electron chi connectivity index (χ0n) is 4.46. The van der Waals surface area contributed by atoms with Gasteiger partial charge in [0.15, 0.2) is 0 Å². The van der Waals surface area contributed by atoms with Crippen molar-refractivity contribution in [2.45, 2.75) is 0 Å². The van der Waals surface area contributed by atoms with E-state index in [1.807, 2.05) is 0 Å². The van der Waals surface area contributed by atoms with E-state index in [1.54, 1.807) is 0 Å². The van der Waals surface area contributed by atoms with Gasteiger partial charge in [-0.15, -0.1) is 0 Å². The van der Waals surface area contributed by atoms with Crippen molar-refractivity contribution in [3.63, 3.8) is 0 Å². The third kappa shape index (κ3) is 82.3. The molecular weight excluding hydrogens is 326 g/mol. The van der Waals surface area contributed by atoms with Gasteiger partial charge in [0.2, 0.25) is 0 Å². The summed E-state index contributed by atoms with van der Waals surface area (Å²) < 4.78 is 0. The van der Waals surface area contributed by atoms with Crippen molar-refractivity contribution in [1.82, 2.24) is 0 Å². The van der Waals surface area contributed by atoms with Gasteiger partial charge in [0.1, 0.15) is 0 Å². The Morgan fingerprint density at radius 1 is 0.250 bits per heavy atom. The minimum atomic E-state index is 0. The second-order valence-electron chi connectivity index (χ2n) is 0. The predicted molar refractivity (Wildman–Crippen MR) is 2.75 cm³/mol. The number of hydrogen-bond acceptors (Lipinski definition) is 0. The molecule has 8 heteroatoms. The standard InChI is InChI=1S/4O.4Zn/q4*-2;4*+2. The van der Waals surface area contributed by atoms with Gasteiger partial charge in [0.05, 0.1) is 0 Å². The minimum Gasteiger partial charge on any atom is -2.00 e. The minimum absolute atomic E-state index is 0. The zero-order valence-corrected chi connectivity index (χ0v) is 16.3. The fourth-order valence-corrected chi connectivity index (χ4v) is 0. The van der Waals surface area contributed by atoms with Crippen LogP contribution in [-0.4, -0.2) is 0 Å². The van der Waals surface area contributed by atoms with Crippen LogP contribution in [0.1, 0.15) is 0 Å². The van der Waals surface area contributed by atoms with E-state index in [9.17, 15) is 0 Å². The van der Waals surface area contributed by atoms with E-state index in [1.165, 1.54) is 0 Å². The molecule has 0 aliphatic carbocycles. The Balaban J connectivity index is 0. The molecule has 0 fully saturated rings. The van der Waals surface area contributed by atoms with Crippen LogP contribution in [0.2, 0.25) is 0 Å². The summed E-state index contributed by atoms with van der Waals surface area (Å²) in [6, 6.07) is 0. The van der Waals surface area contributed by atoms with Crippen molar-refractivity contribution in [3.8, 4) is 0 Å². The molecule has 0 saturated heterocycles. The summed E-state index contributed by atoms with van der Waals surface area (Å²) in [5, 5.41) is 0. The smallest absolute Gasteiger partial charge is 2.00 e. The molecule has 0 spiro atoms. The molecule has 0 bridgehead atoms. The van der Waals surface area contributed by atoms with Gasteiger partial charge in [-0.3, -0.25) is 0 Å². The normalized spacial score (nSPS) is 0. The molecule has 0 N–H and O–H groups in total. The molecule has 0 rings (SSSR count). The quantitative estimate of drug-likeness (QED) is 0.535. The van der Waals surface area contributed by atoms with E-state index in [4.69, 9.17) is 0 Å². The van der Waals surface area contributed by atoms with E-state index >= 15 is 0 Å². The number of hydrogen-bond donors (Lipinski definition) is 0. The van der Waals surface area contributed by atoms with Gasteiger partial charge in [-0.05, 0) is 0 Å². The summed E-state index contributed by atoms with van der Waals surface area (Å²) in [6.45, 7) is 0. The average molecular weight is 326 g/mol. The van der Waals surface area contributed by atoms with Crippen LogP contribution < -0.4 is 0 Å². The van der Waals surface area contributed by atoms with E-state index in [0.29, 0.717) is 0 Å². The van der Waals surface area contributed by atoms with Crippen LogP contribution in [0.4, 0.5) is 0 Å². The molecular formula is O4Zn4. The van der Waals surface area contributed by atoms with Crippen molar-refractivity contribution >= 4 is 0 Å². The first-order valence-electron chi connectivity index (χ1n) is 0. The molecule has 0 radical (unpaired) electrons. The Morgan fingerprint density at radius 2 is 0.250 bits per heavy atom. The first-order valence-corrected chi connectivity index (χ1v) is 0. The maximum Gasteiger partial charge on any atom is 2.00 e. The van der Waals surface area contributed by atoms with Crippen LogP contribution in [0, 0.1) is 0 Å². The van der Waals surface area contributed by atoms with Gasteiger partial charge in [0.25, 0.3) is 0 Å². The third-order valence-corrected chi connectivity index (χ3v) is 0. The first kappa shape index (κ1) is 165. The molecule has 32 valence electrons. The first-order chi connectivity index (χ1) is 0. The van der Waals surface area contributed by atoms with Gasteiger partial charge < -0.3 is 21.9 Å². The second kappa shape index (κ2) is 119. The summed E-state index contributed by atoms with van der Waals surface area (Å²) in [5.74, 6) is 0. The fraction of sp³-hybridized carbons (Fsp3) is 0.